The van der Waals surface area contributed by atoms with Crippen molar-refractivity contribution in [1.82, 2.24) is 0 Å². The monoisotopic (exact) mass is 526 g/mol. The zero-order chi connectivity index (χ0) is 27.2. The van der Waals surface area contributed by atoms with Crippen LogP contribution in [0.5, 0.6) is 0 Å². The van der Waals surface area contributed by atoms with Gasteiger partial charge in [-0.1, -0.05) is 105 Å². The van der Waals surface area contributed by atoms with Crippen molar-refractivity contribution in [3.63, 3.8) is 0 Å². The van der Waals surface area contributed by atoms with Crippen molar-refractivity contribution in [2.75, 3.05) is 0 Å². The third-order valence-electron chi connectivity index (χ3n) is 11.0. The smallest absolute Gasteiger partial charge is 0.312 e. The zero-order valence-corrected chi connectivity index (χ0v) is 26.2. The van der Waals surface area contributed by atoms with Gasteiger partial charge in [0.1, 0.15) is 6.10 Å². The van der Waals surface area contributed by atoms with E-state index >= 15 is 0 Å². The molecule has 0 aromatic heterocycles. The Morgan fingerprint density at radius 1 is 0.946 bits per heavy atom. The van der Waals surface area contributed by atoms with Gasteiger partial charge in [-0.3, -0.25) is 4.79 Å². The minimum atomic E-state index is -2.10. The number of benzene rings is 1. The van der Waals surface area contributed by atoms with E-state index in [1.807, 2.05) is 0 Å². The molecule has 6 atom stereocenters. The minimum Gasteiger partial charge on any atom is -0.462 e. The summed E-state index contributed by atoms with van der Waals surface area (Å²) in [6, 6.07) is 10.8. The lowest BCUT2D eigenvalue weighted by Gasteiger charge is -2.58. The van der Waals surface area contributed by atoms with Gasteiger partial charge in [-0.2, -0.15) is 0 Å². The summed E-state index contributed by atoms with van der Waals surface area (Å²) in [5.41, 5.74) is 2.59. The molecule has 0 spiro atoms. The Kier molecular flexibility index (Phi) is 8.42. The van der Waals surface area contributed by atoms with E-state index in [-0.39, 0.29) is 29.0 Å². The second-order valence-corrected chi connectivity index (χ2v) is 19.7. The third-order valence-corrected chi connectivity index (χ3v) is 17.2. The molecule has 0 unspecified atom stereocenters. The molecule has 0 bridgehead atoms. The molecule has 37 heavy (non-hydrogen) atoms. The Labute approximate surface area is 228 Å². The first-order valence-electron chi connectivity index (χ1n) is 15.3. The zero-order valence-electron chi connectivity index (χ0n) is 25.2. The molecule has 3 aliphatic carbocycles. The van der Waals surface area contributed by atoms with E-state index in [0.29, 0.717) is 34.4 Å². The summed E-state index contributed by atoms with van der Waals surface area (Å²) in [4.78, 5) is 14.1. The highest BCUT2D eigenvalue weighted by Gasteiger charge is 2.65. The first kappa shape index (κ1) is 28.9. The number of hydrogen-bond donors (Lipinski definition) is 0. The van der Waals surface area contributed by atoms with Gasteiger partial charge in [0.15, 0.2) is 0 Å². The fraction of sp³-hybridized carbons (Fsp3) is 0.788. The molecule has 3 saturated carbocycles. The third kappa shape index (κ3) is 4.99. The summed E-state index contributed by atoms with van der Waals surface area (Å²) in [5.74, 6) is 1.39. The second kappa shape index (κ2) is 10.8. The number of carbonyl (C=O) groups is 1. The van der Waals surface area contributed by atoms with Gasteiger partial charge >= 0.3 is 5.97 Å². The summed E-state index contributed by atoms with van der Waals surface area (Å²) in [7, 11) is -2.10. The van der Waals surface area contributed by atoms with E-state index < -0.39 is 8.32 Å². The first-order valence-corrected chi connectivity index (χ1v) is 17.5. The average Bonchev–Trinajstić information content (AvgIpc) is 3.12. The van der Waals surface area contributed by atoms with Crippen molar-refractivity contribution in [2.24, 2.45) is 23.7 Å². The van der Waals surface area contributed by atoms with Crippen LogP contribution in [0, 0.1) is 23.7 Å². The predicted octanol–water partition coefficient (Wildman–Crippen LogP) is 9.06. The van der Waals surface area contributed by atoms with Crippen molar-refractivity contribution in [3.8, 4) is 0 Å². The van der Waals surface area contributed by atoms with Crippen LogP contribution in [0.25, 0.3) is 0 Å². The van der Waals surface area contributed by atoms with Crippen LogP contribution >= 0.6 is 0 Å². The van der Waals surface area contributed by atoms with Crippen molar-refractivity contribution < 1.29 is 14.0 Å². The SMILES string of the molecule is CC(C)[Si](O[C@@]12CCC[C@@H]1C[C@H]2C(=O)O[C@@H]1C[C@H](C)CC[C@H]1C(C)(C)c1ccccc1)(C(C)C)C(C)C. The highest BCUT2D eigenvalue weighted by atomic mass is 28.4. The van der Waals surface area contributed by atoms with Gasteiger partial charge in [0, 0.05) is 5.92 Å². The molecule has 0 amide bonds. The number of ether oxygens (including phenoxy) is 1. The summed E-state index contributed by atoms with van der Waals surface area (Å²) in [6.07, 6.45) is 7.62. The Morgan fingerprint density at radius 2 is 1.57 bits per heavy atom. The van der Waals surface area contributed by atoms with E-state index in [4.69, 9.17) is 9.16 Å². The quantitative estimate of drug-likeness (QED) is 0.238. The molecule has 1 aromatic rings. The van der Waals surface area contributed by atoms with Gasteiger partial charge in [-0.15, -0.1) is 0 Å². The Morgan fingerprint density at radius 3 is 2.14 bits per heavy atom. The average molecular weight is 527 g/mol. The summed E-state index contributed by atoms with van der Waals surface area (Å²) < 4.78 is 14.1. The predicted molar refractivity (Wildman–Crippen MR) is 156 cm³/mol. The van der Waals surface area contributed by atoms with E-state index in [1.165, 1.54) is 24.8 Å². The van der Waals surface area contributed by atoms with Crippen LogP contribution in [-0.2, 0) is 19.4 Å². The highest BCUT2D eigenvalue weighted by Crippen LogP contribution is 2.61. The number of esters is 1. The lowest BCUT2D eigenvalue weighted by atomic mass is 9.62. The van der Waals surface area contributed by atoms with Gasteiger partial charge in [0.05, 0.1) is 11.5 Å². The van der Waals surface area contributed by atoms with E-state index in [9.17, 15) is 4.79 Å². The number of fused-ring (bicyclic) bond motifs is 1. The minimum absolute atomic E-state index is 0.0220. The standard InChI is InChI=1S/C33H54O3Si/c1-22(2)37(23(3)4,24(5)6)36-33-19-13-16-27(33)21-29(33)31(34)35-30-20-25(7)17-18-28(30)32(8,9)26-14-11-10-12-15-26/h10-12,14-15,22-25,27-30H,13,16-21H2,1-9H3/t25-,27-,28-,29+,30-,33+/m1/s1. The molecule has 0 saturated heterocycles. The van der Waals surface area contributed by atoms with Gasteiger partial charge in [-0.25, -0.2) is 0 Å². The molecule has 1 aromatic carbocycles. The molecule has 208 valence electrons. The van der Waals surface area contributed by atoms with Crippen LogP contribution in [0.2, 0.25) is 16.6 Å². The van der Waals surface area contributed by atoms with E-state index in [2.05, 4.69) is 92.6 Å². The van der Waals surface area contributed by atoms with Crippen molar-refractivity contribution >= 4 is 14.3 Å². The van der Waals surface area contributed by atoms with Gasteiger partial charge in [-0.05, 0) is 71.5 Å². The molecule has 3 aliphatic rings. The van der Waals surface area contributed by atoms with Crippen LogP contribution in [-0.4, -0.2) is 26.0 Å². The lowest BCUT2D eigenvalue weighted by Crippen LogP contribution is -2.65. The van der Waals surface area contributed by atoms with Gasteiger partial charge in [0.2, 0.25) is 8.32 Å². The molecule has 0 aliphatic heterocycles. The molecule has 4 heteroatoms. The Hall–Kier alpha value is -1.13. The number of carbonyl (C=O) groups excluding carboxylic acids is 1. The van der Waals surface area contributed by atoms with Crippen LogP contribution in [0.3, 0.4) is 0 Å². The van der Waals surface area contributed by atoms with Crippen LogP contribution in [0.1, 0.15) is 113 Å². The van der Waals surface area contributed by atoms with Crippen LogP contribution in [0.4, 0.5) is 0 Å². The van der Waals surface area contributed by atoms with Crippen molar-refractivity contribution in [1.29, 1.82) is 0 Å². The topological polar surface area (TPSA) is 35.5 Å². The fourth-order valence-electron chi connectivity index (χ4n) is 8.95. The number of hydrogen-bond acceptors (Lipinski definition) is 3. The maximum Gasteiger partial charge on any atom is 0.312 e. The lowest BCUT2D eigenvalue weighted by molar-refractivity contribution is -0.190. The molecule has 0 N–H and O–H groups in total. The van der Waals surface area contributed by atoms with Crippen LogP contribution < -0.4 is 0 Å². The Balaban J connectivity index is 1.58. The fourth-order valence-corrected chi connectivity index (χ4v) is 14.7. The highest BCUT2D eigenvalue weighted by molar-refractivity contribution is 6.77. The van der Waals surface area contributed by atoms with E-state index in [0.717, 1.165) is 25.7 Å². The molecule has 0 radical (unpaired) electrons. The van der Waals surface area contributed by atoms with Crippen LogP contribution in [0.15, 0.2) is 30.3 Å². The number of rotatable bonds is 9. The molecular weight excluding hydrogens is 472 g/mol. The van der Waals surface area contributed by atoms with Gasteiger partial charge < -0.3 is 9.16 Å². The first-order chi connectivity index (χ1) is 17.4. The maximum absolute atomic E-state index is 14.1. The molecule has 4 rings (SSSR count). The molecule has 3 fully saturated rings. The molecule has 0 heterocycles. The summed E-state index contributed by atoms with van der Waals surface area (Å²) in [5, 5.41) is 0. The normalized spacial score (nSPS) is 32.5. The summed E-state index contributed by atoms with van der Waals surface area (Å²) >= 11 is 0. The second-order valence-electron chi connectivity index (χ2n) is 14.3. The van der Waals surface area contributed by atoms with E-state index in [1.54, 1.807) is 0 Å². The molecular formula is C33H54O3Si. The van der Waals surface area contributed by atoms with Crippen molar-refractivity contribution in [3.05, 3.63) is 35.9 Å². The Bertz CT molecular complexity index is 901. The van der Waals surface area contributed by atoms with Crippen molar-refractivity contribution in [2.45, 2.75) is 141 Å². The summed E-state index contributed by atoms with van der Waals surface area (Å²) in [6.45, 7) is 21.2. The molecule has 3 nitrogen and oxygen atoms in total. The largest absolute Gasteiger partial charge is 0.462 e. The maximum atomic E-state index is 14.1. The van der Waals surface area contributed by atoms with Gasteiger partial charge in [0.25, 0.3) is 0 Å².